The van der Waals surface area contributed by atoms with Crippen molar-refractivity contribution >= 4 is 11.8 Å². The van der Waals surface area contributed by atoms with Crippen LogP contribution >= 0.6 is 0 Å². The van der Waals surface area contributed by atoms with Crippen molar-refractivity contribution in [2.75, 3.05) is 0 Å². The van der Waals surface area contributed by atoms with Crippen molar-refractivity contribution in [2.24, 2.45) is 28.6 Å². The predicted molar refractivity (Wildman–Crippen MR) is 39.2 cm³/mol. The minimum atomic E-state index is -0.895. The van der Waals surface area contributed by atoms with Crippen LogP contribution in [0.3, 0.4) is 0 Å². The summed E-state index contributed by atoms with van der Waals surface area (Å²) in [6, 6.07) is 0. The summed E-state index contributed by atoms with van der Waals surface area (Å²) in [5.74, 6) is 0.230. The van der Waals surface area contributed by atoms with E-state index in [1.54, 1.807) is 0 Å². The van der Waals surface area contributed by atoms with Gasteiger partial charge in [0.2, 0.25) is 0 Å². The van der Waals surface area contributed by atoms with E-state index in [9.17, 15) is 14.7 Å². The molecule has 3 heteroatoms. The summed E-state index contributed by atoms with van der Waals surface area (Å²) in [7, 11) is 0. The minimum absolute atomic E-state index is 0.0368. The van der Waals surface area contributed by atoms with Gasteiger partial charge in [0, 0.05) is 23.2 Å². The second kappa shape index (κ2) is 1.35. The fourth-order valence-corrected chi connectivity index (χ4v) is 4.59. The fraction of sp³-hybridized carbons (Fsp3) is 0.800. The van der Waals surface area contributed by atoms with Gasteiger partial charge in [-0.25, -0.2) is 0 Å². The highest BCUT2D eigenvalue weighted by molar-refractivity contribution is 5.97. The summed E-state index contributed by atoms with van der Waals surface area (Å²) in [6.07, 6.45) is 2.24. The molecule has 4 aliphatic rings. The molecule has 0 N–H and O–H groups in total. The number of rotatable bonds is 1. The normalized spacial score (nSPS) is 64.6. The van der Waals surface area contributed by atoms with E-state index in [0.717, 1.165) is 12.8 Å². The average molecular weight is 177 g/mol. The molecule has 0 saturated heterocycles. The van der Waals surface area contributed by atoms with E-state index in [4.69, 9.17) is 0 Å². The van der Waals surface area contributed by atoms with E-state index in [1.807, 2.05) is 0 Å². The smallest absolute Gasteiger partial charge is 0.139 e. The molecular formula is C10H9O3-. The number of carbonyl (C=O) groups is 2. The summed E-state index contributed by atoms with van der Waals surface area (Å²) in [4.78, 5) is 22.4. The molecule has 13 heavy (non-hydrogen) atoms. The molecule has 0 aromatic carbocycles. The van der Waals surface area contributed by atoms with Gasteiger partial charge in [-0.15, -0.1) is 0 Å². The van der Waals surface area contributed by atoms with Crippen molar-refractivity contribution in [3.63, 3.8) is 0 Å². The summed E-state index contributed by atoms with van der Waals surface area (Å²) < 4.78 is 0. The largest absolute Gasteiger partial charge is 0.550 e. The van der Waals surface area contributed by atoms with Crippen LogP contribution in [0, 0.1) is 28.6 Å². The molecule has 0 amide bonds. The molecule has 4 saturated carbocycles. The monoisotopic (exact) mass is 177 g/mol. The first-order chi connectivity index (χ1) is 6.12. The van der Waals surface area contributed by atoms with Crippen LogP contribution in [0.1, 0.15) is 19.3 Å². The molecular weight excluding hydrogens is 168 g/mol. The standard InChI is InChI=1S/C10H10O3/c11-7-4-1-9-3-10(9,8(12)13)2-5(7)6(4)9/h4-6H,1-3H2,(H,12,13)/p-1. The van der Waals surface area contributed by atoms with Crippen LogP contribution < -0.4 is 5.11 Å². The molecule has 3 nitrogen and oxygen atoms in total. The van der Waals surface area contributed by atoms with Gasteiger partial charge in [0.15, 0.2) is 0 Å². The van der Waals surface area contributed by atoms with E-state index >= 15 is 0 Å². The van der Waals surface area contributed by atoms with Crippen molar-refractivity contribution < 1.29 is 14.7 Å². The first kappa shape index (κ1) is 6.57. The molecule has 68 valence electrons. The Hall–Kier alpha value is -0.860. The topological polar surface area (TPSA) is 57.2 Å². The number of Topliss-reactive ketones (excluding diaryl/α,β-unsaturated/α-hetero) is 1. The Morgan fingerprint density at radius 3 is 2.69 bits per heavy atom. The molecule has 0 bridgehead atoms. The number of aliphatic carboxylic acids is 1. The van der Waals surface area contributed by atoms with E-state index < -0.39 is 11.4 Å². The van der Waals surface area contributed by atoms with Gasteiger partial charge < -0.3 is 9.90 Å². The maximum Gasteiger partial charge on any atom is 0.139 e. The van der Waals surface area contributed by atoms with Gasteiger partial charge >= 0.3 is 0 Å². The summed E-state index contributed by atoms with van der Waals surface area (Å²) >= 11 is 0. The van der Waals surface area contributed by atoms with E-state index in [2.05, 4.69) is 0 Å². The summed E-state index contributed by atoms with van der Waals surface area (Å²) in [5.41, 5.74) is -0.528. The zero-order valence-electron chi connectivity index (χ0n) is 7.08. The van der Waals surface area contributed by atoms with Gasteiger partial charge in [0.1, 0.15) is 5.78 Å². The number of carboxylic acid groups (broad SMARTS) is 1. The Bertz CT molecular complexity index is 374. The molecule has 4 fully saturated rings. The van der Waals surface area contributed by atoms with E-state index in [-0.39, 0.29) is 17.3 Å². The van der Waals surface area contributed by atoms with Gasteiger partial charge in [-0.3, -0.25) is 4.79 Å². The zero-order chi connectivity index (χ0) is 9.01. The van der Waals surface area contributed by atoms with Crippen molar-refractivity contribution in [2.45, 2.75) is 19.3 Å². The predicted octanol–water partition coefficient (Wildman–Crippen LogP) is -0.649. The Morgan fingerprint density at radius 2 is 2.08 bits per heavy atom. The molecule has 0 aliphatic heterocycles. The third kappa shape index (κ3) is 0.370. The second-order valence-electron chi connectivity index (χ2n) is 5.25. The molecule has 0 heterocycles. The van der Waals surface area contributed by atoms with Crippen molar-refractivity contribution in [1.82, 2.24) is 0 Å². The highest BCUT2D eigenvalue weighted by atomic mass is 16.4. The number of hydrogen-bond donors (Lipinski definition) is 0. The van der Waals surface area contributed by atoms with Gasteiger partial charge in [-0.2, -0.15) is 0 Å². The van der Waals surface area contributed by atoms with E-state index in [0.29, 0.717) is 18.1 Å². The summed E-state index contributed by atoms with van der Waals surface area (Å²) in [6.45, 7) is 0. The second-order valence-corrected chi connectivity index (χ2v) is 5.25. The molecule has 4 aliphatic carbocycles. The summed E-state index contributed by atoms with van der Waals surface area (Å²) in [5, 5.41) is 11.0. The SMILES string of the molecule is O=C1C2CC3(C(=O)[O-])CC34CC1C24. The van der Waals surface area contributed by atoms with Crippen molar-refractivity contribution in [1.29, 1.82) is 0 Å². The zero-order valence-corrected chi connectivity index (χ0v) is 7.08. The van der Waals surface area contributed by atoms with Gasteiger partial charge in [0.05, 0.1) is 0 Å². The molecule has 0 radical (unpaired) electrons. The number of ketones is 1. The van der Waals surface area contributed by atoms with Crippen LogP contribution in [0.2, 0.25) is 0 Å². The lowest BCUT2D eigenvalue weighted by Gasteiger charge is -2.54. The highest BCUT2D eigenvalue weighted by Crippen LogP contribution is 2.90. The maximum atomic E-state index is 11.4. The fourth-order valence-electron chi connectivity index (χ4n) is 4.59. The molecule has 0 aromatic rings. The Morgan fingerprint density at radius 1 is 1.38 bits per heavy atom. The van der Waals surface area contributed by atoms with Crippen LogP contribution in [0.5, 0.6) is 0 Å². The lowest BCUT2D eigenvalue weighted by molar-refractivity contribution is -0.315. The molecule has 5 atom stereocenters. The third-order valence-corrected chi connectivity index (χ3v) is 5.22. The van der Waals surface area contributed by atoms with Crippen LogP contribution in [0.25, 0.3) is 0 Å². The lowest BCUT2D eigenvalue weighted by atomic mass is 9.47. The first-order valence-corrected chi connectivity index (χ1v) is 4.88. The number of hydrogen-bond acceptors (Lipinski definition) is 3. The minimum Gasteiger partial charge on any atom is -0.550 e. The van der Waals surface area contributed by atoms with Crippen molar-refractivity contribution in [3.05, 3.63) is 0 Å². The molecule has 4 rings (SSSR count). The van der Waals surface area contributed by atoms with Crippen LogP contribution in [-0.4, -0.2) is 11.8 Å². The van der Waals surface area contributed by atoms with Gasteiger partial charge in [-0.05, 0) is 30.6 Å². The molecule has 5 unspecified atom stereocenters. The van der Waals surface area contributed by atoms with Crippen LogP contribution in [0.15, 0.2) is 0 Å². The number of carbonyl (C=O) groups excluding carboxylic acids is 2. The number of carboxylic acids is 1. The van der Waals surface area contributed by atoms with Crippen molar-refractivity contribution in [3.8, 4) is 0 Å². The average Bonchev–Trinajstić information content (AvgIpc) is 2.68. The van der Waals surface area contributed by atoms with Gasteiger partial charge in [-0.1, -0.05) is 0 Å². The molecule has 0 aromatic heterocycles. The van der Waals surface area contributed by atoms with Gasteiger partial charge in [0.25, 0.3) is 0 Å². The lowest BCUT2D eigenvalue weighted by Crippen LogP contribution is -2.58. The van der Waals surface area contributed by atoms with E-state index in [1.165, 1.54) is 0 Å². The Kier molecular flexibility index (Phi) is 0.682. The van der Waals surface area contributed by atoms with Crippen LogP contribution in [-0.2, 0) is 9.59 Å². The quantitative estimate of drug-likeness (QED) is 0.535. The third-order valence-electron chi connectivity index (χ3n) is 5.22. The highest BCUT2D eigenvalue weighted by Gasteiger charge is 2.88. The maximum absolute atomic E-state index is 11.4. The molecule has 1 spiro atoms. The Labute approximate surface area is 75.1 Å². The first-order valence-electron chi connectivity index (χ1n) is 4.88. The van der Waals surface area contributed by atoms with Crippen LogP contribution in [0.4, 0.5) is 0 Å². The Balaban J connectivity index is 1.83.